The number of aliphatic hydroxyl groups excluding tert-OH is 1. The molecule has 1 aromatic rings. The molecular formula is C20H27N3O2. The summed E-state index contributed by atoms with van der Waals surface area (Å²) >= 11 is 0. The molecule has 1 aromatic carbocycles. The van der Waals surface area contributed by atoms with Crippen molar-refractivity contribution >= 4 is 5.91 Å². The Morgan fingerprint density at radius 1 is 1.28 bits per heavy atom. The van der Waals surface area contributed by atoms with Crippen LogP contribution in [0.5, 0.6) is 0 Å². The highest BCUT2D eigenvalue weighted by molar-refractivity contribution is 5.97. The van der Waals surface area contributed by atoms with E-state index in [4.69, 9.17) is 0 Å². The van der Waals surface area contributed by atoms with Crippen molar-refractivity contribution in [2.75, 3.05) is 20.2 Å². The van der Waals surface area contributed by atoms with Crippen molar-refractivity contribution in [1.82, 2.24) is 9.80 Å². The van der Waals surface area contributed by atoms with Crippen LogP contribution < -0.4 is 0 Å². The highest BCUT2D eigenvalue weighted by Gasteiger charge is 2.24. The van der Waals surface area contributed by atoms with E-state index in [0.29, 0.717) is 13.1 Å². The molecular weight excluding hydrogens is 314 g/mol. The van der Waals surface area contributed by atoms with Gasteiger partial charge in [0.1, 0.15) is 11.6 Å². The first-order chi connectivity index (χ1) is 12.2. The maximum Gasteiger partial charge on any atom is 0.265 e. The lowest BCUT2D eigenvalue weighted by molar-refractivity contribution is -0.128. The van der Waals surface area contributed by atoms with Crippen LogP contribution in [0.4, 0.5) is 0 Å². The Bertz CT molecular complexity index is 616. The maximum absolute atomic E-state index is 12.7. The largest absolute Gasteiger partial charge is 0.395 e. The van der Waals surface area contributed by atoms with E-state index in [9.17, 15) is 15.2 Å². The van der Waals surface area contributed by atoms with Crippen LogP contribution in [0.25, 0.3) is 0 Å². The first-order valence-corrected chi connectivity index (χ1v) is 8.93. The Morgan fingerprint density at radius 3 is 2.56 bits per heavy atom. The van der Waals surface area contributed by atoms with Crippen LogP contribution in [-0.2, 0) is 11.3 Å². The van der Waals surface area contributed by atoms with Gasteiger partial charge >= 0.3 is 0 Å². The molecule has 5 heteroatoms. The molecule has 5 nitrogen and oxygen atoms in total. The molecule has 1 amide bonds. The second-order valence-electron chi connectivity index (χ2n) is 6.54. The Morgan fingerprint density at radius 2 is 1.96 bits per heavy atom. The molecule has 1 N–H and O–H groups in total. The summed E-state index contributed by atoms with van der Waals surface area (Å²) in [4.78, 5) is 16.2. The SMILES string of the molecule is CN(C(=O)/C(C#N)=C\N(CCO)Cc1ccccc1)C1CCCCC1. The number of hydrogen-bond acceptors (Lipinski definition) is 4. The van der Waals surface area contributed by atoms with E-state index >= 15 is 0 Å². The second-order valence-corrected chi connectivity index (χ2v) is 6.54. The summed E-state index contributed by atoms with van der Waals surface area (Å²) in [5, 5.41) is 18.8. The van der Waals surface area contributed by atoms with Crippen LogP contribution in [0.2, 0.25) is 0 Å². The van der Waals surface area contributed by atoms with Gasteiger partial charge in [0.2, 0.25) is 0 Å². The molecule has 0 unspecified atom stereocenters. The van der Waals surface area contributed by atoms with Crippen LogP contribution >= 0.6 is 0 Å². The number of benzene rings is 1. The third-order valence-corrected chi connectivity index (χ3v) is 4.72. The molecule has 25 heavy (non-hydrogen) atoms. The lowest BCUT2D eigenvalue weighted by Crippen LogP contribution is -2.39. The average molecular weight is 341 g/mol. The van der Waals surface area contributed by atoms with Gasteiger partial charge in [-0.2, -0.15) is 5.26 Å². The summed E-state index contributed by atoms with van der Waals surface area (Å²) in [6.45, 7) is 0.891. The number of nitriles is 1. The molecule has 134 valence electrons. The molecule has 2 rings (SSSR count). The van der Waals surface area contributed by atoms with Gasteiger partial charge in [-0.25, -0.2) is 0 Å². The molecule has 1 aliphatic carbocycles. The fraction of sp³-hybridized carbons (Fsp3) is 0.500. The Balaban J connectivity index is 2.11. The number of likely N-dealkylation sites (N-methyl/N-ethyl adjacent to an activating group) is 1. The van der Waals surface area contributed by atoms with E-state index in [1.54, 1.807) is 18.1 Å². The fourth-order valence-electron chi connectivity index (χ4n) is 3.27. The molecule has 0 saturated heterocycles. The Kier molecular flexibility index (Phi) is 7.49. The molecule has 1 fully saturated rings. The number of amides is 1. The van der Waals surface area contributed by atoms with Gasteiger partial charge in [-0.1, -0.05) is 49.6 Å². The summed E-state index contributed by atoms with van der Waals surface area (Å²) < 4.78 is 0. The molecule has 1 aliphatic rings. The fourth-order valence-corrected chi connectivity index (χ4v) is 3.27. The van der Waals surface area contributed by atoms with Crippen LogP contribution in [-0.4, -0.2) is 47.1 Å². The zero-order chi connectivity index (χ0) is 18.1. The summed E-state index contributed by atoms with van der Waals surface area (Å²) in [5.74, 6) is -0.231. The minimum atomic E-state index is -0.231. The van der Waals surface area contributed by atoms with Crippen molar-refractivity contribution in [3.8, 4) is 6.07 Å². The molecule has 0 aliphatic heterocycles. The van der Waals surface area contributed by atoms with Crippen molar-refractivity contribution in [2.45, 2.75) is 44.7 Å². The van der Waals surface area contributed by atoms with Crippen molar-refractivity contribution in [3.63, 3.8) is 0 Å². The van der Waals surface area contributed by atoms with E-state index in [-0.39, 0.29) is 24.1 Å². The van der Waals surface area contributed by atoms with E-state index in [2.05, 4.69) is 0 Å². The lowest BCUT2D eigenvalue weighted by atomic mass is 9.94. The van der Waals surface area contributed by atoms with Crippen LogP contribution in [0.15, 0.2) is 42.1 Å². The number of hydrogen-bond donors (Lipinski definition) is 1. The number of aliphatic hydroxyl groups is 1. The van der Waals surface area contributed by atoms with Gasteiger partial charge < -0.3 is 14.9 Å². The number of nitrogens with zero attached hydrogens (tertiary/aromatic N) is 3. The second kappa shape index (κ2) is 9.85. The van der Waals surface area contributed by atoms with Crippen LogP contribution in [0.1, 0.15) is 37.7 Å². The van der Waals surface area contributed by atoms with Crippen molar-refractivity contribution in [2.24, 2.45) is 0 Å². The van der Waals surface area contributed by atoms with Gasteiger partial charge in [-0.15, -0.1) is 0 Å². The third kappa shape index (κ3) is 5.61. The van der Waals surface area contributed by atoms with Gasteiger partial charge in [0.15, 0.2) is 0 Å². The minimum absolute atomic E-state index is 0.0330. The molecule has 1 saturated carbocycles. The van der Waals surface area contributed by atoms with Gasteiger partial charge in [0, 0.05) is 32.4 Å². The topological polar surface area (TPSA) is 67.6 Å². The summed E-state index contributed by atoms with van der Waals surface area (Å²) in [7, 11) is 1.79. The normalized spacial score (nSPS) is 15.5. The average Bonchev–Trinajstić information content (AvgIpc) is 2.66. The van der Waals surface area contributed by atoms with Crippen molar-refractivity contribution in [1.29, 1.82) is 5.26 Å². The lowest BCUT2D eigenvalue weighted by Gasteiger charge is -2.31. The number of rotatable bonds is 7. The zero-order valence-electron chi connectivity index (χ0n) is 14.9. The molecule has 0 aromatic heterocycles. The summed E-state index contributed by atoms with van der Waals surface area (Å²) in [6, 6.07) is 12.1. The van der Waals surface area contributed by atoms with E-state index in [1.165, 1.54) is 6.42 Å². The number of carbonyl (C=O) groups excluding carboxylic acids is 1. The van der Waals surface area contributed by atoms with Crippen molar-refractivity contribution < 1.29 is 9.90 Å². The Labute approximate surface area is 150 Å². The first-order valence-electron chi connectivity index (χ1n) is 8.93. The highest BCUT2D eigenvalue weighted by atomic mass is 16.3. The van der Waals surface area contributed by atoms with Crippen LogP contribution in [0, 0.1) is 11.3 Å². The Hall–Kier alpha value is -2.32. The standard InChI is InChI=1S/C20H27N3O2/c1-22(19-10-6-3-7-11-19)20(25)18(14-21)16-23(12-13-24)15-17-8-4-2-5-9-17/h2,4-5,8-9,16,19,24H,3,6-7,10-13,15H2,1H3/b18-16-. The monoisotopic (exact) mass is 341 g/mol. The van der Waals surface area contributed by atoms with Gasteiger partial charge in [0.05, 0.1) is 6.61 Å². The quantitative estimate of drug-likeness (QED) is 0.611. The van der Waals surface area contributed by atoms with E-state index in [1.807, 2.05) is 41.3 Å². The zero-order valence-corrected chi connectivity index (χ0v) is 14.9. The third-order valence-electron chi connectivity index (χ3n) is 4.72. The highest BCUT2D eigenvalue weighted by Crippen LogP contribution is 2.22. The van der Waals surface area contributed by atoms with Gasteiger partial charge in [-0.3, -0.25) is 4.79 Å². The molecule has 0 spiro atoms. The van der Waals surface area contributed by atoms with E-state index < -0.39 is 0 Å². The smallest absolute Gasteiger partial charge is 0.265 e. The summed E-state index contributed by atoms with van der Waals surface area (Å²) in [6.07, 6.45) is 7.10. The molecule has 0 heterocycles. The maximum atomic E-state index is 12.7. The van der Waals surface area contributed by atoms with Gasteiger partial charge in [-0.05, 0) is 18.4 Å². The minimum Gasteiger partial charge on any atom is -0.395 e. The predicted octanol–water partition coefficient (Wildman–Crippen LogP) is 2.68. The predicted molar refractivity (Wildman–Crippen MR) is 97.3 cm³/mol. The first kappa shape index (κ1) is 19.0. The number of carbonyl (C=O) groups is 1. The van der Waals surface area contributed by atoms with Crippen molar-refractivity contribution in [3.05, 3.63) is 47.7 Å². The van der Waals surface area contributed by atoms with Crippen LogP contribution in [0.3, 0.4) is 0 Å². The van der Waals surface area contributed by atoms with Gasteiger partial charge in [0.25, 0.3) is 5.91 Å². The molecule has 0 bridgehead atoms. The molecule has 0 atom stereocenters. The van der Waals surface area contributed by atoms with E-state index in [0.717, 1.165) is 31.2 Å². The summed E-state index contributed by atoms with van der Waals surface area (Å²) in [5.41, 5.74) is 1.19. The molecule has 0 radical (unpaired) electrons.